The van der Waals surface area contributed by atoms with Crippen LogP contribution in [0.5, 0.6) is 0 Å². The lowest BCUT2D eigenvalue weighted by Crippen LogP contribution is -2.37. The molecule has 1 aromatic rings. The number of rotatable bonds is 5. The fourth-order valence-corrected chi connectivity index (χ4v) is 2.70. The Balaban J connectivity index is 2.18. The van der Waals surface area contributed by atoms with E-state index in [0.29, 0.717) is 18.9 Å². The number of aryl methyl sites for hydroxylation is 1. The van der Waals surface area contributed by atoms with Crippen LogP contribution in [-0.4, -0.2) is 32.1 Å². The van der Waals surface area contributed by atoms with E-state index in [1.54, 1.807) is 4.90 Å². The van der Waals surface area contributed by atoms with E-state index >= 15 is 0 Å². The number of nitrogens with zero attached hydrogens (tertiary/aromatic N) is 1. The number of nitrogens with one attached hydrogen (secondary N) is 1. The van der Waals surface area contributed by atoms with Crippen LogP contribution in [0.1, 0.15) is 32.3 Å². The van der Waals surface area contributed by atoms with Gasteiger partial charge in [0, 0.05) is 31.5 Å². The zero-order valence-electron chi connectivity index (χ0n) is 13.5. The van der Waals surface area contributed by atoms with Gasteiger partial charge in [-0.3, -0.25) is 9.59 Å². The van der Waals surface area contributed by atoms with Crippen LogP contribution in [0.15, 0.2) is 18.2 Å². The highest BCUT2D eigenvalue weighted by Crippen LogP contribution is 2.30. The van der Waals surface area contributed by atoms with E-state index in [2.05, 4.69) is 5.32 Å². The first-order chi connectivity index (χ1) is 10.5. The molecule has 0 aliphatic carbocycles. The number of methoxy groups -OCH3 is 1. The molecule has 0 saturated carbocycles. The van der Waals surface area contributed by atoms with Gasteiger partial charge in [-0.2, -0.15) is 0 Å². The van der Waals surface area contributed by atoms with Gasteiger partial charge in [0.15, 0.2) is 0 Å². The summed E-state index contributed by atoms with van der Waals surface area (Å²) < 4.78 is 4.95. The largest absolute Gasteiger partial charge is 0.375 e. The highest BCUT2D eigenvalue weighted by Gasteiger charge is 2.22. The van der Waals surface area contributed by atoms with Gasteiger partial charge in [-0.1, -0.05) is 19.9 Å². The minimum Gasteiger partial charge on any atom is -0.375 e. The molecular formula is C17H24N2O3. The van der Waals surface area contributed by atoms with Crippen molar-refractivity contribution in [3.8, 4) is 0 Å². The van der Waals surface area contributed by atoms with E-state index in [0.717, 1.165) is 29.8 Å². The number of ether oxygens (including phenoxy) is 1. The van der Waals surface area contributed by atoms with Crippen molar-refractivity contribution in [1.29, 1.82) is 0 Å². The molecule has 0 fully saturated rings. The summed E-state index contributed by atoms with van der Waals surface area (Å²) in [6.07, 6.45) is 2.39. The van der Waals surface area contributed by atoms with E-state index in [1.807, 2.05) is 32.0 Å². The molecule has 120 valence electrons. The Morgan fingerprint density at radius 3 is 2.82 bits per heavy atom. The van der Waals surface area contributed by atoms with Crippen LogP contribution in [-0.2, 0) is 20.7 Å². The summed E-state index contributed by atoms with van der Waals surface area (Å²) in [5.41, 5.74) is 2.76. The second-order valence-corrected chi connectivity index (χ2v) is 6.07. The summed E-state index contributed by atoms with van der Waals surface area (Å²) in [7, 11) is 1.52. The van der Waals surface area contributed by atoms with Gasteiger partial charge in [-0.25, -0.2) is 0 Å². The van der Waals surface area contributed by atoms with Gasteiger partial charge in [0.2, 0.25) is 5.91 Å². The summed E-state index contributed by atoms with van der Waals surface area (Å²) in [5.74, 6) is 0.270. The van der Waals surface area contributed by atoms with E-state index in [4.69, 9.17) is 4.74 Å². The highest BCUT2D eigenvalue weighted by molar-refractivity contribution is 5.97. The molecular weight excluding hydrogens is 280 g/mol. The maximum atomic E-state index is 12.2. The quantitative estimate of drug-likeness (QED) is 0.909. The van der Waals surface area contributed by atoms with Crippen LogP contribution in [0, 0.1) is 5.92 Å². The SMILES string of the molecule is COCC(=O)N1CCCc2ccc(NC(=O)CC(C)C)cc21. The van der Waals surface area contributed by atoms with Crippen molar-refractivity contribution < 1.29 is 14.3 Å². The first kappa shape index (κ1) is 16.5. The molecule has 2 amide bonds. The van der Waals surface area contributed by atoms with Crippen molar-refractivity contribution in [3.05, 3.63) is 23.8 Å². The minimum atomic E-state index is -0.0471. The first-order valence-electron chi connectivity index (χ1n) is 7.73. The third kappa shape index (κ3) is 4.07. The average molecular weight is 304 g/mol. The number of hydrogen-bond acceptors (Lipinski definition) is 3. The lowest BCUT2D eigenvalue weighted by molar-refractivity contribution is -0.122. The molecule has 0 aromatic heterocycles. The van der Waals surface area contributed by atoms with Crippen molar-refractivity contribution in [2.24, 2.45) is 5.92 Å². The number of hydrogen-bond donors (Lipinski definition) is 1. The van der Waals surface area contributed by atoms with Crippen LogP contribution >= 0.6 is 0 Å². The van der Waals surface area contributed by atoms with Crippen molar-refractivity contribution in [2.75, 3.05) is 30.5 Å². The van der Waals surface area contributed by atoms with Crippen LogP contribution in [0.25, 0.3) is 0 Å². The summed E-state index contributed by atoms with van der Waals surface area (Å²) in [6.45, 7) is 4.79. The Kier molecular flexibility index (Phi) is 5.55. The Labute approximate surface area is 131 Å². The molecule has 22 heavy (non-hydrogen) atoms. The van der Waals surface area contributed by atoms with Gasteiger partial charge in [-0.05, 0) is 36.5 Å². The first-order valence-corrected chi connectivity index (χ1v) is 7.73. The third-order valence-electron chi connectivity index (χ3n) is 3.65. The molecule has 0 unspecified atom stereocenters. The predicted octanol–water partition coefficient (Wildman–Crippen LogP) is 2.60. The number of carbonyl (C=O) groups is 2. The smallest absolute Gasteiger partial charge is 0.252 e. The fourth-order valence-electron chi connectivity index (χ4n) is 2.70. The Morgan fingerprint density at radius 1 is 1.36 bits per heavy atom. The van der Waals surface area contributed by atoms with Gasteiger partial charge in [0.25, 0.3) is 5.91 Å². The topological polar surface area (TPSA) is 58.6 Å². The molecule has 5 nitrogen and oxygen atoms in total. The van der Waals surface area contributed by atoms with Crippen molar-refractivity contribution in [2.45, 2.75) is 33.1 Å². The molecule has 1 aliphatic rings. The van der Waals surface area contributed by atoms with Gasteiger partial charge in [-0.15, -0.1) is 0 Å². The van der Waals surface area contributed by atoms with Crippen LogP contribution in [0.3, 0.4) is 0 Å². The monoisotopic (exact) mass is 304 g/mol. The van der Waals surface area contributed by atoms with E-state index in [-0.39, 0.29) is 18.4 Å². The van der Waals surface area contributed by atoms with E-state index in [9.17, 15) is 9.59 Å². The lowest BCUT2D eigenvalue weighted by atomic mass is 10.0. The van der Waals surface area contributed by atoms with Crippen molar-refractivity contribution >= 4 is 23.2 Å². The van der Waals surface area contributed by atoms with Gasteiger partial charge < -0.3 is 15.0 Å². The summed E-state index contributed by atoms with van der Waals surface area (Å²) >= 11 is 0. The van der Waals surface area contributed by atoms with Crippen molar-refractivity contribution in [3.63, 3.8) is 0 Å². The molecule has 1 aliphatic heterocycles. The number of benzene rings is 1. The number of carbonyl (C=O) groups excluding carboxylic acids is 2. The normalized spacial score (nSPS) is 13.9. The van der Waals surface area contributed by atoms with Crippen LogP contribution < -0.4 is 10.2 Å². The average Bonchev–Trinajstić information content (AvgIpc) is 2.45. The zero-order valence-corrected chi connectivity index (χ0v) is 13.5. The molecule has 0 bridgehead atoms. The van der Waals surface area contributed by atoms with Crippen LogP contribution in [0.4, 0.5) is 11.4 Å². The molecule has 1 N–H and O–H groups in total. The van der Waals surface area contributed by atoms with Gasteiger partial charge in [0.05, 0.1) is 0 Å². The summed E-state index contributed by atoms with van der Waals surface area (Å²) in [6, 6.07) is 5.79. The molecule has 0 atom stereocenters. The molecule has 2 rings (SSSR count). The Bertz CT molecular complexity index is 555. The number of anilines is 2. The fraction of sp³-hybridized carbons (Fsp3) is 0.529. The molecule has 5 heteroatoms. The standard InChI is InChI=1S/C17H24N2O3/c1-12(2)9-16(20)18-14-7-6-13-5-4-8-19(15(13)10-14)17(21)11-22-3/h6-7,10,12H,4-5,8-9,11H2,1-3H3,(H,18,20). The number of amides is 2. The Hall–Kier alpha value is -1.88. The summed E-state index contributed by atoms with van der Waals surface area (Å²) in [4.78, 5) is 25.8. The van der Waals surface area contributed by atoms with Crippen molar-refractivity contribution in [1.82, 2.24) is 0 Å². The maximum Gasteiger partial charge on any atom is 0.252 e. The minimum absolute atomic E-state index is 0.000488. The molecule has 0 spiro atoms. The molecule has 0 saturated heterocycles. The third-order valence-corrected chi connectivity index (χ3v) is 3.65. The molecule has 0 radical (unpaired) electrons. The molecule has 1 aromatic carbocycles. The van der Waals surface area contributed by atoms with E-state index in [1.165, 1.54) is 7.11 Å². The second-order valence-electron chi connectivity index (χ2n) is 6.07. The lowest BCUT2D eigenvalue weighted by Gasteiger charge is -2.30. The van der Waals surface area contributed by atoms with Crippen LogP contribution in [0.2, 0.25) is 0 Å². The summed E-state index contributed by atoms with van der Waals surface area (Å²) in [5, 5.41) is 2.91. The predicted molar refractivity (Wildman–Crippen MR) is 87.1 cm³/mol. The van der Waals surface area contributed by atoms with Gasteiger partial charge in [0.1, 0.15) is 6.61 Å². The van der Waals surface area contributed by atoms with E-state index < -0.39 is 0 Å². The van der Waals surface area contributed by atoms with Gasteiger partial charge >= 0.3 is 0 Å². The highest BCUT2D eigenvalue weighted by atomic mass is 16.5. The molecule has 1 heterocycles. The zero-order chi connectivity index (χ0) is 16.1. The Morgan fingerprint density at radius 2 is 2.14 bits per heavy atom. The number of fused-ring (bicyclic) bond motifs is 1. The maximum absolute atomic E-state index is 12.2. The second kappa shape index (κ2) is 7.40.